The van der Waals surface area contributed by atoms with Crippen LogP contribution in [0.15, 0.2) is 10.6 Å². The number of hydrogen-bond acceptors (Lipinski definition) is 6. The van der Waals surface area contributed by atoms with E-state index in [1.165, 1.54) is 0 Å². The maximum absolute atomic E-state index is 12.8. The highest BCUT2D eigenvalue weighted by Crippen LogP contribution is 2.22. The number of rotatable bonds is 3. The minimum Gasteiger partial charge on any atom is -0.378 e. The molecule has 0 aliphatic carbocycles. The Balaban J connectivity index is 1.36. The number of likely N-dealkylation sites (tertiary alicyclic amines) is 1. The molecule has 0 saturated carbocycles. The molecular weight excluding hydrogens is 352 g/mol. The summed E-state index contributed by atoms with van der Waals surface area (Å²) in [5.74, 6) is 0.573. The molecule has 1 atom stereocenters. The second kappa shape index (κ2) is 7.40. The van der Waals surface area contributed by atoms with Crippen LogP contribution in [0.5, 0.6) is 0 Å². The highest BCUT2D eigenvalue weighted by atomic mass is 16.5. The molecule has 0 bridgehead atoms. The summed E-state index contributed by atoms with van der Waals surface area (Å²) < 4.78 is 10.3. The van der Waals surface area contributed by atoms with Gasteiger partial charge in [-0.05, 0) is 6.92 Å². The van der Waals surface area contributed by atoms with E-state index in [2.05, 4.69) is 5.16 Å². The van der Waals surface area contributed by atoms with Gasteiger partial charge in [0.05, 0.1) is 32.7 Å². The minimum absolute atomic E-state index is 0.00773. The average molecular weight is 377 g/mol. The first-order valence-corrected chi connectivity index (χ1v) is 9.56. The van der Waals surface area contributed by atoms with Gasteiger partial charge in [-0.25, -0.2) is 4.90 Å². The molecule has 0 spiro atoms. The second-order valence-electron chi connectivity index (χ2n) is 7.49. The van der Waals surface area contributed by atoms with Gasteiger partial charge in [0.2, 0.25) is 11.8 Å². The van der Waals surface area contributed by atoms with E-state index in [-0.39, 0.29) is 35.9 Å². The summed E-state index contributed by atoms with van der Waals surface area (Å²) in [6, 6.07) is 1.20. The zero-order valence-electron chi connectivity index (χ0n) is 15.5. The van der Waals surface area contributed by atoms with Crippen LogP contribution in [0.4, 0.5) is 5.82 Å². The third-order valence-electron chi connectivity index (χ3n) is 5.78. The van der Waals surface area contributed by atoms with Crippen LogP contribution >= 0.6 is 0 Å². The number of hydrogen-bond donors (Lipinski definition) is 1. The summed E-state index contributed by atoms with van der Waals surface area (Å²) in [7, 11) is 0. The molecule has 0 radical (unpaired) electrons. The molecule has 4 heterocycles. The number of nitrogens with one attached hydrogen (secondary N) is 1. The largest absolute Gasteiger partial charge is 0.378 e. The monoisotopic (exact) mass is 377 g/mol. The van der Waals surface area contributed by atoms with Gasteiger partial charge < -0.3 is 19.1 Å². The molecular formula is C18H25N4O5+. The van der Waals surface area contributed by atoms with Crippen molar-refractivity contribution >= 4 is 23.5 Å². The summed E-state index contributed by atoms with van der Waals surface area (Å²) in [4.78, 5) is 41.9. The smallest absolute Gasteiger partial charge is 0.293 e. The number of morpholine rings is 1. The van der Waals surface area contributed by atoms with Crippen molar-refractivity contribution in [1.82, 2.24) is 10.1 Å². The number of anilines is 1. The van der Waals surface area contributed by atoms with Gasteiger partial charge in [-0.2, -0.15) is 0 Å². The van der Waals surface area contributed by atoms with Crippen LogP contribution in [0.25, 0.3) is 0 Å². The SMILES string of the molecule is Cc1cc(N2C(=O)C[C@H]([NH+]3CCC(C(=O)N4CCOCC4)CC3)C2=O)no1. The maximum Gasteiger partial charge on any atom is 0.293 e. The number of imide groups is 1. The van der Waals surface area contributed by atoms with E-state index in [0.29, 0.717) is 32.1 Å². The van der Waals surface area contributed by atoms with E-state index in [9.17, 15) is 14.4 Å². The maximum atomic E-state index is 12.8. The number of aryl methyl sites for hydroxylation is 1. The normalized spacial score (nSPS) is 29.4. The second-order valence-corrected chi connectivity index (χ2v) is 7.49. The lowest BCUT2D eigenvalue weighted by Gasteiger charge is -2.35. The molecule has 3 aliphatic rings. The number of carbonyl (C=O) groups is 3. The van der Waals surface area contributed by atoms with Crippen LogP contribution < -0.4 is 9.80 Å². The van der Waals surface area contributed by atoms with Gasteiger partial charge in [0, 0.05) is 37.9 Å². The number of quaternary nitrogens is 1. The van der Waals surface area contributed by atoms with Gasteiger partial charge in [-0.15, -0.1) is 0 Å². The fraction of sp³-hybridized carbons (Fsp3) is 0.667. The van der Waals surface area contributed by atoms with Crippen LogP contribution in [0.1, 0.15) is 25.0 Å². The van der Waals surface area contributed by atoms with Crippen molar-refractivity contribution in [3.8, 4) is 0 Å². The first-order chi connectivity index (χ1) is 13.0. The summed E-state index contributed by atoms with van der Waals surface area (Å²) in [6.07, 6.45) is 1.67. The van der Waals surface area contributed by atoms with Crippen LogP contribution in [0.3, 0.4) is 0 Å². The molecule has 1 N–H and O–H groups in total. The quantitative estimate of drug-likeness (QED) is 0.663. The molecule has 0 unspecified atom stereocenters. The van der Waals surface area contributed by atoms with Crippen LogP contribution in [-0.4, -0.2) is 73.2 Å². The number of carbonyl (C=O) groups excluding carboxylic acids is 3. The van der Waals surface area contributed by atoms with Gasteiger partial charge in [0.15, 0.2) is 11.9 Å². The van der Waals surface area contributed by atoms with E-state index in [0.717, 1.165) is 35.7 Å². The fourth-order valence-electron chi connectivity index (χ4n) is 4.28. The fourth-order valence-corrected chi connectivity index (χ4v) is 4.28. The first kappa shape index (κ1) is 18.1. The molecule has 1 aromatic rings. The lowest BCUT2D eigenvalue weighted by Crippen LogP contribution is -3.17. The molecule has 3 saturated heterocycles. The zero-order valence-corrected chi connectivity index (χ0v) is 15.5. The Kier molecular flexibility index (Phi) is 4.96. The lowest BCUT2D eigenvalue weighted by atomic mass is 9.94. The third kappa shape index (κ3) is 3.49. The molecule has 3 fully saturated rings. The predicted octanol–water partition coefficient (Wildman–Crippen LogP) is -1.23. The summed E-state index contributed by atoms with van der Waals surface area (Å²) in [5, 5.41) is 3.80. The Morgan fingerprint density at radius 2 is 1.93 bits per heavy atom. The van der Waals surface area contributed by atoms with Gasteiger partial charge >= 0.3 is 0 Å². The topological polar surface area (TPSA) is 97.4 Å². The molecule has 4 rings (SSSR count). The number of ether oxygens (including phenoxy) is 1. The predicted molar refractivity (Wildman–Crippen MR) is 93.0 cm³/mol. The van der Waals surface area contributed by atoms with E-state index in [4.69, 9.17) is 9.26 Å². The molecule has 1 aromatic heterocycles. The Hall–Kier alpha value is -2.26. The van der Waals surface area contributed by atoms with Crippen molar-refractivity contribution in [2.24, 2.45) is 5.92 Å². The van der Waals surface area contributed by atoms with Crippen molar-refractivity contribution in [3.05, 3.63) is 11.8 Å². The van der Waals surface area contributed by atoms with Crippen molar-refractivity contribution in [2.75, 3.05) is 44.3 Å². The van der Waals surface area contributed by atoms with Gasteiger partial charge in [-0.1, -0.05) is 5.16 Å². The van der Waals surface area contributed by atoms with Crippen molar-refractivity contribution < 1.29 is 28.5 Å². The number of piperidine rings is 1. The van der Waals surface area contributed by atoms with Crippen LogP contribution in [0, 0.1) is 12.8 Å². The van der Waals surface area contributed by atoms with Crippen LogP contribution in [-0.2, 0) is 19.1 Å². The standard InChI is InChI=1S/C18H24N4O5/c1-12-10-15(19-27-12)22-16(23)11-14(18(22)25)20-4-2-13(3-5-20)17(24)21-6-8-26-9-7-21/h10,13-14H,2-9,11H2,1H3/p+1/t14-/m0/s1. The van der Waals surface area contributed by atoms with E-state index < -0.39 is 6.04 Å². The van der Waals surface area contributed by atoms with Crippen molar-refractivity contribution in [1.29, 1.82) is 0 Å². The zero-order chi connectivity index (χ0) is 19.0. The lowest BCUT2D eigenvalue weighted by molar-refractivity contribution is -0.920. The Morgan fingerprint density at radius 3 is 2.56 bits per heavy atom. The van der Waals surface area contributed by atoms with Crippen LogP contribution in [0.2, 0.25) is 0 Å². The molecule has 146 valence electrons. The molecule has 27 heavy (non-hydrogen) atoms. The van der Waals surface area contributed by atoms with E-state index >= 15 is 0 Å². The molecule has 9 nitrogen and oxygen atoms in total. The minimum atomic E-state index is -0.394. The number of nitrogens with zero attached hydrogens (tertiary/aromatic N) is 3. The van der Waals surface area contributed by atoms with Crippen molar-refractivity contribution in [2.45, 2.75) is 32.2 Å². The van der Waals surface area contributed by atoms with Crippen molar-refractivity contribution in [3.63, 3.8) is 0 Å². The Labute approximate surface area is 157 Å². The van der Waals surface area contributed by atoms with Gasteiger partial charge in [0.1, 0.15) is 5.76 Å². The Morgan fingerprint density at radius 1 is 1.22 bits per heavy atom. The molecule has 0 aromatic carbocycles. The molecule has 9 heteroatoms. The van der Waals surface area contributed by atoms with Gasteiger partial charge in [-0.3, -0.25) is 14.4 Å². The third-order valence-corrected chi connectivity index (χ3v) is 5.78. The van der Waals surface area contributed by atoms with E-state index in [1.807, 2.05) is 4.90 Å². The molecule has 3 aliphatic heterocycles. The first-order valence-electron chi connectivity index (χ1n) is 9.56. The number of amides is 3. The summed E-state index contributed by atoms with van der Waals surface area (Å²) in [6.45, 7) is 5.69. The average Bonchev–Trinajstić information content (AvgIpc) is 3.24. The highest BCUT2D eigenvalue weighted by Gasteiger charge is 2.48. The number of aromatic nitrogens is 1. The summed E-state index contributed by atoms with van der Waals surface area (Å²) in [5.41, 5.74) is 0. The van der Waals surface area contributed by atoms with Gasteiger partial charge in [0.25, 0.3) is 5.91 Å². The Bertz CT molecular complexity index is 734. The highest BCUT2D eigenvalue weighted by molar-refractivity contribution is 6.21. The molecule has 3 amide bonds. The summed E-state index contributed by atoms with van der Waals surface area (Å²) >= 11 is 0. The van der Waals surface area contributed by atoms with E-state index in [1.54, 1.807) is 13.0 Å².